The third-order valence-electron chi connectivity index (χ3n) is 7.13. The van der Waals surface area contributed by atoms with Crippen LogP contribution in [-0.4, -0.2) is 64.4 Å². The lowest BCUT2D eigenvalue weighted by Crippen LogP contribution is -2.45. The molecule has 0 bridgehead atoms. The van der Waals surface area contributed by atoms with E-state index >= 15 is 0 Å². The smallest absolute Gasteiger partial charge is 0.140 e. The fourth-order valence-electron chi connectivity index (χ4n) is 5.28. The second-order valence-corrected chi connectivity index (χ2v) is 9.08. The Labute approximate surface area is 184 Å². The quantitative estimate of drug-likeness (QED) is 0.703. The van der Waals surface area contributed by atoms with Gasteiger partial charge in [0.15, 0.2) is 0 Å². The lowest BCUT2D eigenvalue weighted by atomic mass is 9.91. The van der Waals surface area contributed by atoms with Gasteiger partial charge < -0.3 is 15.5 Å². The van der Waals surface area contributed by atoms with Crippen LogP contribution >= 0.6 is 0 Å². The molecule has 3 aromatic rings. The summed E-state index contributed by atoms with van der Waals surface area (Å²) in [4.78, 5) is 17.0. The zero-order chi connectivity index (χ0) is 21.5. The Kier molecular flexibility index (Phi) is 5.32. The average molecular weight is 420 g/mol. The van der Waals surface area contributed by atoms with Gasteiger partial charge in [-0.05, 0) is 64.0 Å². The number of likely N-dealkylation sites (tertiary alicyclic amines) is 1. The molecule has 0 radical (unpaired) electrons. The van der Waals surface area contributed by atoms with Crippen molar-refractivity contribution in [2.24, 2.45) is 0 Å². The first-order valence-electron chi connectivity index (χ1n) is 11.4. The molecule has 7 nitrogen and oxygen atoms in total. The maximum atomic E-state index is 6.80. The summed E-state index contributed by atoms with van der Waals surface area (Å²) in [5.41, 5.74) is 11.2. The minimum atomic E-state index is 0.195. The molecular formula is C24H33N7. The number of nitrogens with zero attached hydrogens (tertiary/aromatic N) is 6. The van der Waals surface area contributed by atoms with Crippen molar-refractivity contribution in [1.82, 2.24) is 24.2 Å². The normalized spacial score (nSPS) is 23.5. The Balaban J connectivity index is 1.51. The summed E-state index contributed by atoms with van der Waals surface area (Å²) in [6.45, 7) is 6.30. The molecule has 3 aromatic heterocycles. The molecule has 2 saturated heterocycles. The van der Waals surface area contributed by atoms with Gasteiger partial charge >= 0.3 is 0 Å². The summed E-state index contributed by atoms with van der Waals surface area (Å²) in [7, 11) is 4.38. The SMILES string of the molecule is Cc1cccnc1[C@@H]1CCC[C@H](c2nc3cccc(N4CCN(C)CC4)n3c2N)N1C. The van der Waals surface area contributed by atoms with Crippen LogP contribution in [0.25, 0.3) is 5.65 Å². The first-order valence-corrected chi connectivity index (χ1v) is 11.4. The van der Waals surface area contributed by atoms with E-state index in [2.05, 4.69) is 64.4 Å². The Morgan fingerprint density at radius 1 is 0.935 bits per heavy atom. The number of nitrogens with two attached hydrogens (primary N) is 1. The maximum Gasteiger partial charge on any atom is 0.140 e. The number of piperidine rings is 1. The number of nitrogen functional groups attached to an aromatic ring is 1. The molecular weight excluding hydrogens is 386 g/mol. The Morgan fingerprint density at radius 2 is 1.68 bits per heavy atom. The van der Waals surface area contributed by atoms with Gasteiger partial charge in [0.2, 0.25) is 0 Å². The number of aryl methyl sites for hydroxylation is 1. The standard InChI is InChI=1S/C24H33N7/c1-17-7-6-12-26-22(17)18-8-4-9-19(29(18)3)23-24(25)31-20(27-23)10-5-11-21(31)30-15-13-28(2)14-16-30/h5-7,10-12,18-19H,4,8-9,13-16,25H2,1-3H3/t18-,19+/m0/s1. The third kappa shape index (κ3) is 3.55. The van der Waals surface area contributed by atoms with Crippen molar-refractivity contribution in [1.29, 1.82) is 0 Å². The first-order chi connectivity index (χ1) is 15.0. The van der Waals surface area contributed by atoms with Crippen LogP contribution in [0.5, 0.6) is 0 Å². The molecule has 31 heavy (non-hydrogen) atoms. The molecule has 0 saturated carbocycles. The maximum absolute atomic E-state index is 6.80. The van der Waals surface area contributed by atoms with Gasteiger partial charge in [0, 0.05) is 32.4 Å². The van der Waals surface area contributed by atoms with Crippen molar-refractivity contribution in [2.75, 3.05) is 50.9 Å². The van der Waals surface area contributed by atoms with Crippen LogP contribution in [0.3, 0.4) is 0 Å². The van der Waals surface area contributed by atoms with Gasteiger partial charge in [-0.1, -0.05) is 12.1 Å². The van der Waals surface area contributed by atoms with Crippen molar-refractivity contribution in [2.45, 2.75) is 38.3 Å². The summed E-state index contributed by atoms with van der Waals surface area (Å²) in [6.07, 6.45) is 5.23. The molecule has 2 atom stereocenters. The van der Waals surface area contributed by atoms with E-state index in [0.29, 0.717) is 6.04 Å². The minimum Gasteiger partial charge on any atom is -0.383 e. The molecule has 2 fully saturated rings. The highest BCUT2D eigenvalue weighted by molar-refractivity contribution is 5.62. The summed E-state index contributed by atoms with van der Waals surface area (Å²) < 4.78 is 2.16. The van der Waals surface area contributed by atoms with Crippen LogP contribution in [0.2, 0.25) is 0 Å². The van der Waals surface area contributed by atoms with Gasteiger partial charge in [-0.2, -0.15) is 0 Å². The van der Waals surface area contributed by atoms with Gasteiger partial charge in [-0.25, -0.2) is 4.98 Å². The van der Waals surface area contributed by atoms with E-state index in [9.17, 15) is 0 Å². The van der Waals surface area contributed by atoms with E-state index in [4.69, 9.17) is 15.7 Å². The van der Waals surface area contributed by atoms with Crippen molar-refractivity contribution in [3.05, 3.63) is 53.5 Å². The third-order valence-corrected chi connectivity index (χ3v) is 7.13. The highest BCUT2D eigenvalue weighted by Crippen LogP contribution is 2.42. The molecule has 5 rings (SSSR count). The van der Waals surface area contributed by atoms with Crippen LogP contribution < -0.4 is 10.6 Å². The Bertz CT molecular complexity index is 1070. The molecule has 0 aliphatic carbocycles. The predicted molar refractivity (Wildman–Crippen MR) is 125 cm³/mol. The van der Waals surface area contributed by atoms with E-state index in [1.54, 1.807) is 0 Å². The van der Waals surface area contributed by atoms with Gasteiger partial charge in [0.25, 0.3) is 0 Å². The summed E-state index contributed by atoms with van der Waals surface area (Å²) in [5.74, 6) is 1.93. The molecule has 7 heteroatoms. The molecule has 2 aliphatic heterocycles. The van der Waals surface area contributed by atoms with Crippen LogP contribution in [0.4, 0.5) is 11.6 Å². The number of rotatable bonds is 3. The van der Waals surface area contributed by atoms with Crippen LogP contribution in [0.1, 0.15) is 48.3 Å². The van der Waals surface area contributed by atoms with Crippen molar-refractivity contribution < 1.29 is 0 Å². The lowest BCUT2D eigenvalue weighted by molar-refractivity contribution is 0.110. The Morgan fingerprint density at radius 3 is 2.42 bits per heavy atom. The largest absolute Gasteiger partial charge is 0.383 e. The number of likely N-dealkylation sites (N-methyl/N-ethyl adjacent to an activating group) is 1. The van der Waals surface area contributed by atoms with Gasteiger partial charge in [-0.3, -0.25) is 14.3 Å². The molecule has 164 valence electrons. The summed E-state index contributed by atoms with van der Waals surface area (Å²) >= 11 is 0. The van der Waals surface area contributed by atoms with E-state index < -0.39 is 0 Å². The van der Waals surface area contributed by atoms with Crippen LogP contribution in [0, 0.1) is 6.92 Å². The number of anilines is 2. The van der Waals surface area contributed by atoms with Crippen molar-refractivity contribution in [3.63, 3.8) is 0 Å². The molecule has 5 heterocycles. The number of pyridine rings is 2. The highest BCUT2D eigenvalue weighted by Gasteiger charge is 2.34. The van der Waals surface area contributed by atoms with Gasteiger partial charge in [-0.15, -0.1) is 0 Å². The highest BCUT2D eigenvalue weighted by atomic mass is 15.3. The van der Waals surface area contributed by atoms with E-state index in [-0.39, 0.29) is 6.04 Å². The number of hydrogen-bond acceptors (Lipinski definition) is 6. The van der Waals surface area contributed by atoms with E-state index in [1.807, 2.05) is 12.3 Å². The van der Waals surface area contributed by atoms with Gasteiger partial charge in [0.1, 0.15) is 23.0 Å². The molecule has 0 unspecified atom stereocenters. The van der Waals surface area contributed by atoms with Crippen LogP contribution in [-0.2, 0) is 0 Å². The number of imidazole rings is 1. The van der Waals surface area contributed by atoms with Crippen molar-refractivity contribution >= 4 is 17.3 Å². The monoisotopic (exact) mass is 419 g/mol. The zero-order valence-corrected chi connectivity index (χ0v) is 18.8. The number of fused-ring (bicyclic) bond motifs is 1. The second kappa shape index (κ2) is 8.13. The number of aromatic nitrogens is 3. The predicted octanol–water partition coefficient (Wildman–Crippen LogP) is 3.27. The number of hydrogen-bond donors (Lipinski definition) is 1. The van der Waals surface area contributed by atoms with Crippen molar-refractivity contribution in [3.8, 4) is 0 Å². The molecule has 2 N–H and O–H groups in total. The first kappa shape index (κ1) is 20.3. The molecule has 2 aliphatic rings. The van der Waals surface area contributed by atoms with E-state index in [1.165, 1.54) is 11.3 Å². The van der Waals surface area contributed by atoms with Crippen LogP contribution in [0.15, 0.2) is 36.5 Å². The minimum absolute atomic E-state index is 0.195. The molecule has 0 aromatic carbocycles. The lowest BCUT2D eigenvalue weighted by Gasteiger charge is -2.39. The fraction of sp³-hybridized carbons (Fsp3) is 0.500. The topological polar surface area (TPSA) is 65.9 Å². The fourth-order valence-corrected chi connectivity index (χ4v) is 5.28. The second-order valence-electron chi connectivity index (χ2n) is 9.08. The summed E-state index contributed by atoms with van der Waals surface area (Å²) in [5, 5.41) is 0. The molecule has 0 amide bonds. The van der Waals surface area contributed by atoms with E-state index in [0.717, 1.165) is 68.4 Å². The van der Waals surface area contributed by atoms with Gasteiger partial charge in [0.05, 0.1) is 17.8 Å². The summed E-state index contributed by atoms with van der Waals surface area (Å²) in [6, 6.07) is 11.0. The Hall–Kier alpha value is -2.64. The molecule has 0 spiro atoms. The average Bonchev–Trinajstić information content (AvgIpc) is 3.12. The number of piperazine rings is 1. The zero-order valence-electron chi connectivity index (χ0n) is 18.8.